The second-order valence-corrected chi connectivity index (χ2v) is 3.69. The Balaban J connectivity index is 5.14. The third kappa shape index (κ3) is 2.22. The topological polar surface area (TPSA) is 9.72 Å². The number of nitrogens with zero attached hydrogens (tertiary/aromatic N) is 3. The maximum Gasteiger partial charge on any atom is 0.194 e. The van der Waals surface area contributed by atoms with E-state index in [4.69, 9.17) is 0 Å². The first kappa shape index (κ1) is 12.4. The lowest BCUT2D eigenvalue weighted by atomic mass is 10.2. The summed E-state index contributed by atoms with van der Waals surface area (Å²) in [5.41, 5.74) is 0. The van der Waals surface area contributed by atoms with Crippen LogP contribution in [0.15, 0.2) is 0 Å². The van der Waals surface area contributed by atoms with Crippen LogP contribution in [-0.2, 0) is 0 Å². The van der Waals surface area contributed by atoms with Crippen LogP contribution < -0.4 is 0 Å². The minimum Gasteiger partial charge on any atom is -0.268 e. The average Bonchev–Trinajstić information content (AvgIpc) is 1.97. The van der Waals surface area contributed by atoms with Gasteiger partial charge in [-0.15, -0.1) is 5.92 Å². The van der Waals surface area contributed by atoms with Gasteiger partial charge in [-0.05, 0) is 55.1 Å². The third-order valence-electron chi connectivity index (χ3n) is 2.16. The fourth-order valence-electron chi connectivity index (χ4n) is 1.70. The monoisotopic (exact) mass is 183 g/mol. The molecule has 0 aliphatic carbocycles. The number of rotatable bonds is 3. The second kappa shape index (κ2) is 4.61. The Morgan fingerprint density at radius 3 is 1.15 bits per heavy atom. The predicted molar refractivity (Wildman–Crippen MR) is 57.2 cm³/mol. The van der Waals surface area contributed by atoms with E-state index in [0.29, 0.717) is 0 Å². The number of hydrogen-bond donors (Lipinski definition) is 0. The summed E-state index contributed by atoms with van der Waals surface area (Å²) in [6.45, 7) is 1.87. The van der Waals surface area contributed by atoms with Gasteiger partial charge in [0.05, 0.1) is 0 Å². The van der Waals surface area contributed by atoms with Crippen molar-refractivity contribution in [3.63, 3.8) is 0 Å². The van der Waals surface area contributed by atoms with Crippen molar-refractivity contribution in [1.29, 1.82) is 0 Å². The van der Waals surface area contributed by atoms with Gasteiger partial charge in [0.1, 0.15) is 0 Å². The molecule has 0 aliphatic heterocycles. The average molecular weight is 183 g/mol. The van der Waals surface area contributed by atoms with Gasteiger partial charge in [-0.2, -0.15) is 0 Å². The first-order chi connectivity index (χ1) is 5.89. The third-order valence-corrected chi connectivity index (χ3v) is 2.16. The molecular formula is C10H21N3. The van der Waals surface area contributed by atoms with E-state index in [2.05, 4.69) is 26.5 Å². The molecule has 3 heteroatoms. The van der Waals surface area contributed by atoms with Crippen LogP contribution in [0.3, 0.4) is 0 Å². The van der Waals surface area contributed by atoms with Crippen molar-refractivity contribution in [3.8, 4) is 11.8 Å². The first-order valence-corrected chi connectivity index (χ1v) is 4.35. The molecule has 0 bridgehead atoms. The largest absolute Gasteiger partial charge is 0.268 e. The summed E-state index contributed by atoms with van der Waals surface area (Å²) in [6.07, 6.45) is 0. The Kier molecular flexibility index (Phi) is 4.41. The molecule has 0 atom stereocenters. The minimum atomic E-state index is -0.311. The Morgan fingerprint density at radius 2 is 1.08 bits per heavy atom. The summed E-state index contributed by atoms with van der Waals surface area (Å²) in [7, 11) is 12.2. The van der Waals surface area contributed by atoms with Crippen molar-refractivity contribution in [2.75, 3.05) is 42.3 Å². The van der Waals surface area contributed by atoms with Crippen LogP contribution in [0.4, 0.5) is 0 Å². The van der Waals surface area contributed by atoms with Crippen LogP contribution in [0.5, 0.6) is 0 Å². The van der Waals surface area contributed by atoms with Crippen LogP contribution >= 0.6 is 0 Å². The normalized spacial score (nSPS) is 12.2. The first-order valence-electron chi connectivity index (χ1n) is 4.35. The van der Waals surface area contributed by atoms with Crippen LogP contribution in [-0.4, -0.2) is 62.8 Å². The molecule has 0 saturated heterocycles. The van der Waals surface area contributed by atoms with Gasteiger partial charge in [0, 0.05) is 0 Å². The molecule has 0 rings (SSSR count). The molecule has 0 saturated carbocycles. The minimum absolute atomic E-state index is 0.311. The van der Waals surface area contributed by atoms with Gasteiger partial charge < -0.3 is 0 Å². The maximum atomic E-state index is 3.22. The zero-order valence-corrected chi connectivity index (χ0v) is 9.84. The number of hydrogen-bond acceptors (Lipinski definition) is 3. The molecule has 3 nitrogen and oxygen atoms in total. The Hall–Kier alpha value is -0.560. The molecule has 0 aromatic heterocycles. The molecule has 0 fully saturated rings. The van der Waals surface area contributed by atoms with Gasteiger partial charge >= 0.3 is 0 Å². The molecule has 0 aromatic rings. The summed E-state index contributed by atoms with van der Waals surface area (Å²) in [5.74, 6) is 5.89. The predicted octanol–water partition coefficient (Wildman–Crippen LogP) is 0.348. The quantitative estimate of drug-likeness (QED) is 0.462. The molecule has 13 heavy (non-hydrogen) atoms. The van der Waals surface area contributed by atoms with Crippen molar-refractivity contribution in [2.45, 2.75) is 12.7 Å². The highest BCUT2D eigenvalue weighted by Crippen LogP contribution is 2.16. The lowest BCUT2D eigenvalue weighted by molar-refractivity contribution is -0.0570. The zero-order chi connectivity index (χ0) is 10.6. The highest BCUT2D eigenvalue weighted by molar-refractivity contribution is 5.13. The summed E-state index contributed by atoms with van der Waals surface area (Å²) in [6, 6.07) is 0. The van der Waals surface area contributed by atoms with Crippen LogP contribution in [0.2, 0.25) is 0 Å². The second-order valence-electron chi connectivity index (χ2n) is 3.69. The highest BCUT2D eigenvalue weighted by Gasteiger charge is 2.35. The van der Waals surface area contributed by atoms with Crippen LogP contribution in [0.25, 0.3) is 0 Å². The van der Waals surface area contributed by atoms with Gasteiger partial charge in [0.15, 0.2) is 5.79 Å². The molecule has 0 amide bonds. The van der Waals surface area contributed by atoms with E-state index < -0.39 is 0 Å². The summed E-state index contributed by atoms with van der Waals surface area (Å²) in [4.78, 5) is 6.30. The molecule has 0 spiro atoms. The SMILES string of the molecule is CC#CC(N(C)C)(N(C)C)N(C)C. The van der Waals surface area contributed by atoms with E-state index >= 15 is 0 Å². The van der Waals surface area contributed by atoms with Crippen LogP contribution in [0.1, 0.15) is 6.92 Å². The Bertz CT molecular complexity index is 186. The van der Waals surface area contributed by atoms with E-state index in [0.717, 1.165) is 0 Å². The van der Waals surface area contributed by atoms with E-state index in [1.165, 1.54) is 0 Å². The van der Waals surface area contributed by atoms with Crippen molar-refractivity contribution in [2.24, 2.45) is 0 Å². The molecule has 0 N–H and O–H groups in total. The fraction of sp³-hybridized carbons (Fsp3) is 0.800. The van der Waals surface area contributed by atoms with Crippen molar-refractivity contribution >= 4 is 0 Å². The lowest BCUT2D eigenvalue weighted by Crippen LogP contribution is -2.63. The molecule has 0 heterocycles. The van der Waals surface area contributed by atoms with E-state index in [1.807, 2.05) is 49.2 Å². The summed E-state index contributed by atoms with van der Waals surface area (Å²) < 4.78 is 0. The summed E-state index contributed by atoms with van der Waals surface area (Å²) >= 11 is 0. The van der Waals surface area contributed by atoms with E-state index in [-0.39, 0.29) is 5.79 Å². The van der Waals surface area contributed by atoms with Gasteiger partial charge in [-0.25, -0.2) is 0 Å². The smallest absolute Gasteiger partial charge is 0.194 e. The Morgan fingerprint density at radius 1 is 0.769 bits per heavy atom. The lowest BCUT2D eigenvalue weighted by Gasteiger charge is -2.45. The van der Waals surface area contributed by atoms with Gasteiger partial charge in [0.2, 0.25) is 0 Å². The zero-order valence-electron chi connectivity index (χ0n) is 9.84. The molecule has 0 radical (unpaired) electrons. The molecule has 76 valence electrons. The van der Waals surface area contributed by atoms with Crippen LogP contribution in [0, 0.1) is 11.8 Å². The van der Waals surface area contributed by atoms with Gasteiger partial charge in [-0.3, -0.25) is 14.7 Å². The Labute approximate surface area is 82.3 Å². The molecular weight excluding hydrogens is 162 g/mol. The van der Waals surface area contributed by atoms with Gasteiger partial charge in [-0.1, -0.05) is 0 Å². The molecule has 0 aliphatic rings. The van der Waals surface area contributed by atoms with Crippen molar-refractivity contribution < 1.29 is 0 Å². The van der Waals surface area contributed by atoms with Crippen molar-refractivity contribution in [3.05, 3.63) is 0 Å². The van der Waals surface area contributed by atoms with E-state index in [1.54, 1.807) is 0 Å². The molecule has 0 unspecified atom stereocenters. The fourth-order valence-corrected chi connectivity index (χ4v) is 1.70. The van der Waals surface area contributed by atoms with Gasteiger partial charge in [0.25, 0.3) is 0 Å². The standard InChI is InChI=1S/C10H21N3/c1-8-9-10(11(2)3,12(4)5)13(6)7/h1-7H3. The van der Waals surface area contributed by atoms with Crippen molar-refractivity contribution in [1.82, 2.24) is 14.7 Å². The van der Waals surface area contributed by atoms with E-state index in [9.17, 15) is 0 Å². The molecule has 0 aromatic carbocycles. The highest BCUT2D eigenvalue weighted by atomic mass is 15.5. The summed E-state index contributed by atoms with van der Waals surface area (Å²) in [5, 5.41) is 0. The maximum absolute atomic E-state index is 3.22.